The van der Waals surface area contributed by atoms with E-state index >= 15 is 0 Å². The van der Waals surface area contributed by atoms with Crippen LogP contribution in [0.15, 0.2) is 0 Å². The van der Waals surface area contributed by atoms with E-state index in [0.29, 0.717) is 0 Å². The Morgan fingerprint density at radius 2 is 2.00 bits per heavy atom. The van der Waals surface area contributed by atoms with Crippen molar-refractivity contribution in [1.82, 2.24) is 0 Å². The van der Waals surface area contributed by atoms with Crippen molar-refractivity contribution < 1.29 is 13.9 Å². The first kappa shape index (κ1) is 8.30. The molecule has 0 aliphatic rings. The van der Waals surface area contributed by atoms with Gasteiger partial charge in [-0.1, -0.05) is 0 Å². The molecule has 0 atom stereocenters. The van der Waals surface area contributed by atoms with Crippen molar-refractivity contribution >= 4 is 15.9 Å². The molecule has 0 saturated carbocycles. The molecular weight excluding hydrogens is 182 g/mol. The molecule has 0 bridgehead atoms. The standard InChI is InChI=1S/C4H7BrF2O/c5-4(6,7)2-1-3-8/h8H,1-3H2. The summed E-state index contributed by atoms with van der Waals surface area (Å²) in [6.45, 7) is -0.179. The lowest BCUT2D eigenvalue weighted by Crippen LogP contribution is -2.04. The molecule has 4 heteroatoms. The summed E-state index contributed by atoms with van der Waals surface area (Å²) in [6.07, 6.45) is -0.165. The van der Waals surface area contributed by atoms with Gasteiger partial charge < -0.3 is 5.11 Å². The molecule has 0 rings (SSSR count). The summed E-state index contributed by atoms with van der Waals surface area (Å²) in [5.41, 5.74) is 0. The molecule has 0 aromatic rings. The number of hydrogen-bond acceptors (Lipinski definition) is 1. The first-order valence-corrected chi connectivity index (χ1v) is 3.03. The van der Waals surface area contributed by atoms with Gasteiger partial charge in [0.1, 0.15) is 0 Å². The van der Waals surface area contributed by atoms with Crippen LogP contribution < -0.4 is 0 Å². The van der Waals surface area contributed by atoms with Crippen molar-refractivity contribution in [3.8, 4) is 0 Å². The van der Waals surface area contributed by atoms with Crippen LogP contribution in [0.2, 0.25) is 0 Å². The van der Waals surface area contributed by atoms with Crippen LogP contribution in [0.3, 0.4) is 0 Å². The SMILES string of the molecule is OCCCC(F)(F)Br. The van der Waals surface area contributed by atoms with Crippen LogP contribution in [0.5, 0.6) is 0 Å². The van der Waals surface area contributed by atoms with Gasteiger partial charge >= 0.3 is 4.83 Å². The Morgan fingerprint density at radius 1 is 1.50 bits per heavy atom. The molecule has 0 aliphatic heterocycles. The van der Waals surface area contributed by atoms with Crippen LogP contribution in [0.4, 0.5) is 8.78 Å². The summed E-state index contributed by atoms with van der Waals surface area (Å²) in [6, 6.07) is 0. The van der Waals surface area contributed by atoms with Crippen molar-refractivity contribution in [3.05, 3.63) is 0 Å². The fourth-order valence-corrected chi connectivity index (χ4v) is 0.560. The van der Waals surface area contributed by atoms with Gasteiger partial charge in [-0.2, -0.15) is 8.78 Å². The minimum Gasteiger partial charge on any atom is -0.396 e. The monoisotopic (exact) mass is 188 g/mol. The van der Waals surface area contributed by atoms with Crippen LogP contribution in [-0.2, 0) is 0 Å². The zero-order valence-electron chi connectivity index (χ0n) is 4.20. The second kappa shape index (κ2) is 3.35. The minimum absolute atomic E-state index is 0.137. The van der Waals surface area contributed by atoms with E-state index in [1.807, 2.05) is 0 Å². The summed E-state index contributed by atoms with van der Waals surface area (Å²) in [5.74, 6) is 0. The van der Waals surface area contributed by atoms with Gasteiger partial charge in [-0.3, -0.25) is 0 Å². The van der Waals surface area contributed by atoms with Gasteiger partial charge in [0.25, 0.3) is 0 Å². The summed E-state index contributed by atoms with van der Waals surface area (Å²) in [4.78, 5) is -2.80. The highest BCUT2D eigenvalue weighted by molar-refractivity contribution is 9.09. The Bertz CT molecular complexity index is 61.5. The summed E-state index contributed by atoms with van der Waals surface area (Å²) < 4.78 is 23.4. The molecule has 1 nitrogen and oxygen atoms in total. The third-order valence-corrected chi connectivity index (χ3v) is 1.01. The Balaban J connectivity index is 3.11. The van der Waals surface area contributed by atoms with E-state index in [9.17, 15) is 8.78 Å². The molecule has 0 heterocycles. The highest BCUT2D eigenvalue weighted by Gasteiger charge is 2.21. The molecule has 0 amide bonds. The van der Waals surface area contributed by atoms with E-state index < -0.39 is 4.83 Å². The van der Waals surface area contributed by atoms with Crippen molar-refractivity contribution in [2.45, 2.75) is 17.7 Å². The third kappa shape index (κ3) is 6.30. The maximum absolute atomic E-state index is 11.7. The van der Waals surface area contributed by atoms with E-state index in [-0.39, 0.29) is 19.4 Å². The Kier molecular flexibility index (Phi) is 3.48. The predicted molar refractivity (Wildman–Crippen MR) is 30.2 cm³/mol. The van der Waals surface area contributed by atoms with Crippen LogP contribution in [0.25, 0.3) is 0 Å². The van der Waals surface area contributed by atoms with E-state index in [4.69, 9.17) is 5.11 Å². The second-order valence-corrected chi connectivity index (χ2v) is 2.60. The lowest BCUT2D eigenvalue weighted by molar-refractivity contribution is 0.0936. The van der Waals surface area contributed by atoms with Crippen LogP contribution >= 0.6 is 15.9 Å². The number of halogens is 3. The molecular formula is C4H7BrF2O. The quantitative estimate of drug-likeness (QED) is 0.670. The molecule has 0 spiro atoms. The molecule has 0 saturated heterocycles. The molecule has 0 aromatic carbocycles. The first-order valence-electron chi connectivity index (χ1n) is 2.24. The van der Waals surface area contributed by atoms with Crippen LogP contribution in [0.1, 0.15) is 12.8 Å². The van der Waals surface area contributed by atoms with Crippen molar-refractivity contribution in [3.63, 3.8) is 0 Å². The van der Waals surface area contributed by atoms with Gasteiger partial charge in [0.05, 0.1) is 0 Å². The zero-order valence-corrected chi connectivity index (χ0v) is 5.79. The molecule has 0 aliphatic carbocycles. The highest BCUT2D eigenvalue weighted by atomic mass is 79.9. The predicted octanol–water partition coefficient (Wildman–Crippen LogP) is 1.75. The molecule has 50 valence electrons. The Hall–Kier alpha value is 0.300. The van der Waals surface area contributed by atoms with Gasteiger partial charge in [0.2, 0.25) is 0 Å². The highest BCUT2D eigenvalue weighted by Crippen LogP contribution is 2.26. The van der Waals surface area contributed by atoms with Crippen molar-refractivity contribution in [2.24, 2.45) is 0 Å². The van der Waals surface area contributed by atoms with Gasteiger partial charge in [-0.15, -0.1) is 0 Å². The third-order valence-electron chi connectivity index (χ3n) is 0.618. The van der Waals surface area contributed by atoms with Crippen molar-refractivity contribution in [1.29, 1.82) is 0 Å². The normalized spacial score (nSPS) is 12.0. The van der Waals surface area contributed by atoms with Gasteiger partial charge in [-0.05, 0) is 22.4 Å². The van der Waals surface area contributed by atoms with Gasteiger partial charge in [-0.25, -0.2) is 0 Å². The average Bonchev–Trinajstić information content (AvgIpc) is 1.59. The first-order chi connectivity index (χ1) is 3.56. The number of alkyl halides is 3. The fraction of sp³-hybridized carbons (Fsp3) is 1.00. The van der Waals surface area contributed by atoms with Crippen LogP contribution in [0, 0.1) is 0 Å². The summed E-state index contributed by atoms with van der Waals surface area (Å²) in [5, 5.41) is 8.08. The number of aliphatic hydroxyl groups is 1. The lowest BCUT2D eigenvalue weighted by atomic mass is 10.3. The summed E-state index contributed by atoms with van der Waals surface area (Å²) >= 11 is 2.14. The average molecular weight is 189 g/mol. The Labute approximate surface area is 54.8 Å². The minimum atomic E-state index is -2.80. The van der Waals surface area contributed by atoms with Crippen molar-refractivity contribution in [2.75, 3.05) is 6.61 Å². The Morgan fingerprint density at radius 3 is 2.12 bits per heavy atom. The van der Waals surface area contributed by atoms with E-state index in [1.165, 1.54) is 0 Å². The van der Waals surface area contributed by atoms with Gasteiger partial charge in [0, 0.05) is 13.0 Å². The topological polar surface area (TPSA) is 20.2 Å². The summed E-state index contributed by atoms with van der Waals surface area (Å²) in [7, 11) is 0. The van der Waals surface area contributed by atoms with Gasteiger partial charge in [0.15, 0.2) is 0 Å². The molecule has 0 aromatic heterocycles. The number of rotatable bonds is 3. The van der Waals surface area contributed by atoms with E-state index in [2.05, 4.69) is 15.9 Å². The zero-order chi connectivity index (χ0) is 6.62. The maximum Gasteiger partial charge on any atom is 0.301 e. The molecule has 0 radical (unpaired) electrons. The molecule has 1 N–H and O–H groups in total. The molecule has 8 heavy (non-hydrogen) atoms. The molecule has 0 fully saturated rings. The number of hydrogen-bond donors (Lipinski definition) is 1. The van der Waals surface area contributed by atoms with E-state index in [1.54, 1.807) is 0 Å². The van der Waals surface area contributed by atoms with E-state index in [0.717, 1.165) is 0 Å². The lowest BCUT2D eigenvalue weighted by Gasteiger charge is -2.04. The maximum atomic E-state index is 11.7. The second-order valence-electron chi connectivity index (χ2n) is 1.44. The largest absolute Gasteiger partial charge is 0.396 e. The smallest absolute Gasteiger partial charge is 0.301 e. The molecule has 0 unspecified atom stereocenters. The fourth-order valence-electron chi connectivity index (χ4n) is 0.280. The number of aliphatic hydroxyl groups excluding tert-OH is 1. The van der Waals surface area contributed by atoms with Crippen LogP contribution in [-0.4, -0.2) is 16.5 Å².